The van der Waals surface area contributed by atoms with E-state index in [1.165, 1.54) is 12.3 Å². The number of aryl methyl sites for hydroxylation is 2. The number of benzene rings is 2. The molecule has 0 saturated heterocycles. The highest BCUT2D eigenvalue weighted by atomic mass is 19.4. The van der Waals surface area contributed by atoms with Crippen molar-refractivity contribution in [2.45, 2.75) is 25.8 Å². The summed E-state index contributed by atoms with van der Waals surface area (Å²) in [6.07, 6.45) is -1.28. The van der Waals surface area contributed by atoms with Crippen molar-refractivity contribution in [1.29, 1.82) is 0 Å². The summed E-state index contributed by atoms with van der Waals surface area (Å²) in [5.41, 5.74) is 11.4. The van der Waals surface area contributed by atoms with Crippen LogP contribution in [-0.2, 0) is 12.0 Å². The third-order valence-corrected chi connectivity index (χ3v) is 4.60. The van der Waals surface area contributed by atoms with Crippen molar-refractivity contribution < 1.29 is 13.2 Å². The van der Waals surface area contributed by atoms with Gasteiger partial charge in [0.15, 0.2) is 11.7 Å². The fourth-order valence-electron chi connectivity index (χ4n) is 3.41. The standard InChI is InChI=1S/C20H19F3N6/c1-12-8-13(2)10-15(9-12)20(27-18-17(24)25-6-7-29(18)28-20)26-16-5-3-4-14(11-16)19(21,22)23/h3-11,26,28H,1-2H3,(H2,24,25). The lowest BCUT2D eigenvalue weighted by molar-refractivity contribution is -0.137. The molecule has 0 amide bonds. The Kier molecular flexibility index (Phi) is 4.34. The van der Waals surface area contributed by atoms with Crippen molar-refractivity contribution in [2.24, 2.45) is 15.7 Å². The van der Waals surface area contributed by atoms with Crippen LogP contribution in [0.1, 0.15) is 22.3 Å². The highest BCUT2D eigenvalue weighted by molar-refractivity contribution is 6.40. The molecule has 1 unspecified atom stereocenters. The Morgan fingerprint density at radius 3 is 2.48 bits per heavy atom. The van der Waals surface area contributed by atoms with Gasteiger partial charge in [0.1, 0.15) is 0 Å². The van der Waals surface area contributed by atoms with E-state index in [0.717, 1.165) is 28.8 Å². The zero-order chi connectivity index (χ0) is 20.8. The fourth-order valence-corrected chi connectivity index (χ4v) is 3.41. The molecule has 4 N–H and O–H groups in total. The molecular formula is C20H19F3N6. The van der Waals surface area contributed by atoms with Crippen LogP contribution in [0.15, 0.2) is 64.8 Å². The molecule has 2 aromatic carbocycles. The molecule has 0 aromatic heterocycles. The molecule has 2 heterocycles. The molecule has 0 saturated carbocycles. The Hall–Kier alpha value is -3.33. The third-order valence-electron chi connectivity index (χ3n) is 4.60. The highest BCUT2D eigenvalue weighted by Crippen LogP contribution is 2.35. The largest absolute Gasteiger partial charge is 0.416 e. The Morgan fingerprint density at radius 2 is 1.83 bits per heavy atom. The number of halogens is 3. The molecule has 150 valence electrons. The molecular weight excluding hydrogens is 381 g/mol. The van der Waals surface area contributed by atoms with Crippen LogP contribution in [0.25, 0.3) is 0 Å². The summed E-state index contributed by atoms with van der Waals surface area (Å²) < 4.78 is 39.5. The highest BCUT2D eigenvalue weighted by Gasteiger charge is 2.42. The smallest absolute Gasteiger partial charge is 0.381 e. The number of aliphatic imine (C=N–C) groups is 2. The first kappa shape index (κ1) is 19.0. The Bertz CT molecular complexity index is 1040. The van der Waals surface area contributed by atoms with E-state index in [9.17, 15) is 13.2 Å². The second-order valence-electron chi connectivity index (χ2n) is 7.02. The third kappa shape index (κ3) is 3.56. The molecule has 2 aromatic rings. The molecule has 0 bridgehead atoms. The molecule has 0 spiro atoms. The second kappa shape index (κ2) is 6.63. The SMILES string of the molecule is Cc1cc(C)cc(C2(Nc3cccc(C(F)(F)F)c3)N=C3C(N)=NC=CN3N2)c1. The van der Waals surface area contributed by atoms with Gasteiger partial charge in [0.25, 0.3) is 0 Å². The summed E-state index contributed by atoms with van der Waals surface area (Å²) in [6, 6.07) is 10.8. The predicted molar refractivity (Wildman–Crippen MR) is 106 cm³/mol. The topological polar surface area (TPSA) is 78.0 Å². The molecule has 0 fully saturated rings. The molecule has 0 aliphatic carbocycles. The number of hydrazine groups is 1. The van der Waals surface area contributed by atoms with Gasteiger partial charge in [-0.15, -0.1) is 0 Å². The first-order chi connectivity index (χ1) is 13.7. The lowest BCUT2D eigenvalue weighted by Gasteiger charge is -2.31. The Morgan fingerprint density at radius 1 is 1.10 bits per heavy atom. The van der Waals surface area contributed by atoms with Gasteiger partial charge >= 0.3 is 6.18 Å². The number of fused-ring (bicyclic) bond motifs is 1. The maximum atomic E-state index is 13.2. The van der Waals surface area contributed by atoms with Crippen LogP contribution in [0.5, 0.6) is 0 Å². The van der Waals surface area contributed by atoms with Crippen LogP contribution in [0.2, 0.25) is 0 Å². The predicted octanol–water partition coefficient (Wildman–Crippen LogP) is 3.61. The van der Waals surface area contributed by atoms with E-state index in [1.807, 2.05) is 32.0 Å². The molecule has 29 heavy (non-hydrogen) atoms. The number of alkyl halides is 3. The summed E-state index contributed by atoms with van der Waals surface area (Å²) in [7, 11) is 0. The van der Waals surface area contributed by atoms with E-state index >= 15 is 0 Å². The summed E-state index contributed by atoms with van der Waals surface area (Å²) in [5, 5.41) is 4.73. The lowest BCUT2D eigenvalue weighted by atomic mass is 10.0. The number of nitrogens with zero attached hydrogens (tertiary/aromatic N) is 3. The molecule has 4 rings (SSSR count). The summed E-state index contributed by atoms with van der Waals surface area (Å²) in [6.45, 7) is 3.89. The number of nitrogens with two attached hydrogens (primary N) is 1. The Balaban J connectivity index is 1.83. The fraction of sp³-hybridized carbons (Fsp3) is 0.200. The summed E-state index contributed by atoms with van der Waals surface area (Å²) in [4.78, 5) is 8.74. The molecule has 0 radical (unpaired) electrons. The maximum Gasteiger partial charge on any atom is 0.416 e. The molecule has 9 heteroatoms. The van der Waals surface area contributed by atoms with Crippen molar-refractivity contribution >= 4 is 17.4 Å². The quantitative estimate of drug-likeness (QED) is 0.736. The monoisotopic (exact) mass is 400 g/mol. The number of amidine groups is 2. The van der Waals surface area contributed by atoms with Crippen LogP contribution in [0.3, 0.4) is 0 Å². The van der Waals surface area contributed by atoms with Gasteiger partial charge in [-0.2, -0.15) is 18.6 Å². The zero-order valence-corrected chi connectivity index (χ0v) is 15.7. The van der Waals surface area contributed by atoms with Crippen LogP contribution in [0, 0.1) is 13.8 Å². The average Bonchev–Trinajstić information content (AvgIpc) is 3.01. The van der Waals surface area contributed by atoms with Crippen molar-refractivity contribution in [1.82, 2.24) is 10.4 Å². The number of anilines is 1. The number of rotatable bonds is 3. The number of nitrogens with one attached hydrogen (secondary N) is 2. The van der Waals surface area contributed by atoms with Crippen LogP contribution in [0.4, 0.5) is 18.9 Å². The molecule has 2 aliphatic rings. The van der Waals surface area contributed by atoms with E-state index in [2.05, 4.69) is 15.7 Å². The number of hydrogen-bond donors (Lipinski definition) is 3. The van der Waals surface area contributed by atoms with Crippen LogP contribution < -0.4 is 16.5 Å². The first-order valence-corrected chi connectivity index (χ1v) is 8.88. The van der Waals surface area contributed by atoms with Gasteiger partial charge in [0.05, 0.1) is 5.56 Å². The van der Waals surface area contributed by atoms with Gasteiger partial charge < -0.3 is 11.1 Å². The lowest BCUT2D eigenvalue weighted by Crippen LogP contribution is -2.50. The minimum absolute atomic E-state index is 0.206. The van der Waals surface area contributed by atoms with Crippen molar-refractivity contribution in [3.05, 3.63) is 77.1 Å². The summed E-state index contributed by atoms with van der Waals surface area (Å²) >= 11 is 0. The summed E-state index contributed by atoms with van der Waals surface area (Å²) in [5.74, 6) is -0.672. The van der Waals surface area contributed by atoms with E-state index < -0.39 is 17.5 Å². The number of hydrogen-bond acceptors (Lipinski definition) is 6. The van der Waals surface area contributed by atoms with Gasteiger partial charge in [0, 0.05) is 23.7 Å². The van der Waals surface area contributed by atoms with Gasteiger partial charge in [-0.25, -0.2) is 9.98 Å². The van der Waals surface area contributed by atoms with Crippen molar-refractivity contribution in [3.63, 3.8) is 0 Å². The Labute approximate surface area is 165 Å². The van der Waals surface area contributed by atoms with Crippen molar-refractivity contribution in [2.75, 3.05) is 5.32 Å². The van der Waals surface area contributed by atoms with Gasteiger partial charge in [-0.1, -0.05) is 35.4 Å². The second-order valence-corrected chi connectivity index (χ2v) is 7.02. The minimum atomic E-state index is -4.45. The van der Waals surface area contributed by atoms with Gasteiger partial charge in [-0.05, 0) is 32.0 Å². The normalized spacial score (nSPS) is 20.9. The molecule has 6 nitrogen and oxygen atoms in total. The van der Waals surface area contributed by atoms with E-state index in [-0.39, 0.29) is 11.5 Å². The van der Waals surface area contributed by atoms with Crippen LogP contribution >= 0.6 is 0 Å². The van der Waals surface area contributed by atoms with Gasteiger partial charge in [0.2, 0.25) is 5.79 Å². The van der Waals surface area contributed by atoms with Gasteiger partial charge in [-0.3, -0.25) is 5.01 Å². The van der Waals surface area contributed by atoms with E-state index in [1.54, 1.807) is 17.3 Å². The van der Waals surface area contributed by atoms with E-state index in [0.29, 0.717) is 5.84 Å². The minimum Gasteiger partial charge on any atom is -0.381 e. The van der Waals surface area contributed by atoms with Crippen LogP contribution in [-0.4, -0.2) is 16.7 Å². The first-order valence-electron chi connectivity index (χ1n) is 8.88. The van der Waals surface area contributed by atoms with Crippen molar-refractivity contribution in [3.8, 4) is 0 Å². The maximum absolute atomic E-state index is 13.2. The zero-order valence-electron chi connectivity index (χ0n) is 15.7. The van der Waals surface area contributed by atoms with E-state index in [4.69, 9.17) is 10.7 Å². The molecule has 1 atom stereocenters. The molecule has 2 aliphatic heterocycles. The average molecular weight is 400 g/mol.